The number of amides is 1. The zero-order chi connectivity index (χ0) is 19.1. The van der Waals surface area contributed by atoms with Gasteiger partial charge in [0.1, 0.15) is 0 Å². The average molecular weight is 410 g/mol. The molecule has 1 aromatic carbocycles. The van der Waals surface area contributed by atoms with Gasteiger partial charge in [-0.25, -0.2) is 0 Å². The van der Waals surface area contributed by atoms with E-state index in [9.17, 15) is 4.79 Å². The summed E-state index contributed by atoms with van der Waals surface area (Å²) in [6.07, 6.45) is 2.85. The van der Waals surface area contributed by atoms with Crippen molar-refractivity contribution in [2.45, 2.75) is 18.4 Å². The van der Waals surface area contributed by atoms with E-state index in [2.05, 4.69) is 11.0 Å². The molecule has 0 radical (unpaired) electrons. The second-order valence-corrected chi connectivity index (χ2v) is 8.86. The summed E-state index contributed by atoms with van der Waals surface area (Å²) in [6.45, 7) is 3.45. The maximum absolute atomic E-state index is 13.1. The molecule has 1 amide bonds. The molecule has 3 aromatic rings. The van der Waals surface area contributed by atoms with Crippen LogP contribution in [0.15, 0.2) is 59.4 Å². The Bertz CT molecular complexity index is 1020. The molecule has 1 atom stereocenters. The summed E-state index contributed by atoms with van der Waals surface area (Å²) in [6, 6.07) is 13.9. The van der Waals surface area contributed by atoms with Crippen molar-refractivity contribution in [1.29, 1.82) is 0 Å². The number of fused-ring (bicyclic) bond motifs is 2. The standard InChI is InChI=1S/C22H20ClN3OS/c23-18-4-1-3-16(11-18)12-25-9-7-22(14-25)15-26(19-5-2-8-24-20(19)22)21(27)17-6-10-28-13-17/h1-6,8,10-11,13H,7,9,12,14-15H2/t22-/m1/s1. The van der Waals surface area contributed by atoms with Crippen molar-refractivity contribution in [1.82, 2.24) is 9.88 Å². The predicted octanol–water partition coefficient (Wildman–Crippen LogP) is 4.60. The Balaban J connectivity index is 1.42. The van der Waals surface area contributed by atoms with Crippen molar-refractivity contribution in [2.24, 2.45) is 0 Å². The first-order valence-corrected chi connectivity index (χ1v) is 10.7. The molecule has 1 saturated heterocycles. The van der Waals surface area contributed by atoms with Gasteiger partial charge in [-0.1, -0.05) is 23.7 Å². The number of hydrogen-bond acceptors (Lipinski definition) is 4. The van der Waals surface area contributed by atoms with Gasteiger partial charge in [-0.15, -0.1) is 0 Å². The van der Waals surface area contributed by atoms with Crippen LogP contribution >= 0.6 is 22.9 Å². The van der Waals surface area contributed by atoms with E-state index in [1.54, 1.807) is 11.3 Å². The molecule has 2 aliphatic heterocycles. The lowest BCUT2D eigenvalue weighted by atomic mass is 9.85. The van der Waals surface area contributed by atoms with E-state index < -0.39 is 0 Å². The number of rotatable bonds is 3. The highest BCUT2D eigenvalue weighted by atomic mass is 35.5. The van der Waals surface area contributed by atoms with E-state index in [-0.39, 0.29) is 11.3 Å². The van der Waals surface area contributed by atoms with E-state index in [0.29, 0.717) is 6.54 Å². The van der Waals surface area contributed by atoms with Gasteiger partial charge in [0.25, 0.3) is 5.91 Å². The maximum atomic E-state index is 13.1. The van der Waals surface area contributed by atoms with E-state index in [1.165, 1.54) is 5.56 Å². The summed E-state index contributed by atoms with van der Waals surface area (Å²) in [5, 5.41) is 4.64. The highest BCUT2D eigenvalue weighted by molar-refractivity contribution is 7.08. The van der Waals surface area contributed by atoms with Crippen LogP contribution in [0.25, 0.3) is 0 Å². The number of halogens is 1. The van der Waals surface area contributed by atoms with Gasteiger partial charge in [0.05, 0.1) is 16.9 Å². The van der Waals surface area contributed by atoms with Gasteiger partial charge in [0, 0.05) is 41.6 Å². The molecule has 0 unspecified atom stereocenters. The number of anilines is 1. The Morgan fingerprint density at radius 1 is 1.21 bits per heavy atom. The zero-order valence-electron chi connectivity index (χ0n) is 15.3. The number of benzene rings is 1. The second-order valence-electron chi connectivity index (χ2n) is 7.65. The average Bonchev–Trinajstić information content (AvgIpc) is 3.43. The number of carbonyl (C=O) groups is 1. The van der Waals surface area contributed by atoms with Crippen LogP contribution in [-0.4, -0.2) is 35.4 Å². The molecule has 28 heavy (non-hydrogen) atoms. The fourth-order valence-electron chi connectivity index (χ4n) is 4.52. The lowest BCUT2D eigenvalue weighted by Crippen LogP contribution is -2.39. The summed E-state index contributed by atoms with van der Waals surface area (Å²) in [5.74, 6) is 0.0701. The Kier molecular flexibility index (Phi) is 4.46. The number of likely N-dealkylation sites (tertiary alicyclic amines) is 1. The molecule has 0 saturated carbocycles. The van der Waals surface area contributed by atoms with Crippen molar-refractivity contribution >= 4 is 34.5 Å². The summed E-state index contributed by atoms with van der Waals surface area (Å²) < 4.78 is 0. The Morgan fingerprint density at radius 3 is 2.96 bits per heavy atom. The van der Waals surface area contributed by atoms with Gasteiger partial charge >= 0.3 is 0 Å². The number of thiophene rings is 1. The molecule has 4 heterocycles. The number of carbonyl (C=O) groups excluding carboxylic acids is 1. The van der Waals surface area contributed by atoms with E-state index in [1.807, 2.05) is 58.3 Å². The van der Waals surface area contributed by atoms with Crippen molar-refractivity contribution in [3.63, 3.8) is 0 Å². The van der Waals surface area contributed by atoms with Crippen LogP contribution in [0.2, 0.25) is 5.02 Å². The molecule has 2 aromatic heterocycles. The highest BCUT2D eigenvalue weighted by Gasteiger charge is 2.49. The van der Waals surface area contributed by atoms with Crippen molar-refractivity contribution in [3.05, 3.63) is 81.3 Å². The number of pyridine rings is 1. The van der Waals surface area contributed by atoms with Crippen LogP contribution < -0.4 is 4.90 Å². The molecule has 5 rings (SSSR count). The summed E-state index contributed by atoms with van der Waals surface area (Å²) >= 11 is 7.70. The predicted molar refractivity (Wildman–Crippen MR) is 113 cm³/mol. The Morgan fingerprint density at radius 2 is 2.14 bits per heavy atom. The minimum Gasteiger partial charge on any atom is -0.305 e. The van der Waals surface area contributed by atoms with Crippen LogP contribution in [0, 0.1) is 0 Å². The highest BCUT2D eigenvalue weighted by Crippen LogP contribution is 2.45. The molecule has 6 heteroatoms. The molecule has 1 fully saturated rings. The minimum absolute atomic E-state index is 0.0701. The third-order valence-corrected chi connectivity index (χ3v) is 6.70. The molecular formula is C22H20ClN3OS. The Hall–Kier alpha value is -2.21. The molecule has 1 spiro atoms. The van der Waals surface area contributed by atoms with E-state index >= 15 is 0 Å². The van der Waals surface area contributed by atoms with Gasteiger partial charge in [0.2, 0.25) is 0 Å². The molecule has 4 nitrogen and oxygen atoms in total. The first-order valence-electron chi connectivity index (χ1n) is 9.41. The normalized spacial score (nSPS) is 21.4. The second kappa shape index (κ2) is 6.99. The third-order valence-electron chi connectivity index (χ3n) is 5.78. The van der Waals surface area contributed by atoms with Crippen LogP contribution in [0.4, 0.5) is 5.69 Å². The lowest BCUT2D eigenvalue weighted by molar-refractivity contribution is 0.0985. The minimum atomic E-state index is -0.0964. The van der Waals surface area contributed by atoms with Gasteiger partial charge in [0.15, 0.2) is 0 Å². The molecule has 0 bridgehead atoms. The van der Waals surface area contributed by atoms with Gasteiger partial charge in [-0.3, -0.25) is 14.7 Å². The largest absolute Gasteiger partial charge is 0.305 e. The first kappa shape index (κ1) is 17.9. The SMILES string of the molecule is O=C(c1ccsc1)N1C[C@]2(CCN(Cc3cccc(Cl)c3)C2)c2ncccc21. The molecule has 0 N–H and O–H groups in total. The summed E-state index contributed by atoms with van der Waals surface area (Å²) in [5.41, 5.74) is 3.90. The van der Waals surface area contributed by atoms with Crippen LogP contribution in [0.1, 0.15) is 28.0 Å². The fourth-order valence-corrected chi connectivity index (χ4v) is 5.36. The van der Waals surface area contributed by atoms with Crippen LogP contribution in [0.5, 0.6) is 0 Å². The number of aromatic nitrogens is 1. The molecule has 142 valence electrons. The molecular weight excluding hydrogens is 390 g/mol. The van der Waals surface area contributed by atoms with Crippen LogP contribution in [0.3, 0.4) is 0 Å². The number of nitrogens with zero attached hydrogens (tertiary/aromatic N) is 3. The number of hydrogen-bond donors (Lipinski definition) is 0. The van der Waals surface area contributed by atoms with E-state index in [4.69, 9.17) is 16.6 Å². The zero-order valence-corrected chi connectivity index (χ0v) is 16.9. The smallest absolute Gasteiger partial charge is 0.259 e. The van der Waals surface area contributed by atoms with Crippen molar-refractivity contribution < 1.29 is 4.79 Å². The Labute approximate surface area is 173 Å². The van der Waals surface area contributed by atoms with Gasteiger partial charge in [-0.2, -0.15) is 11.3 Å². The lowest BCUT2D eigenvalue weighted by Gasteiger charge is -2.25. The first-order chi connectivity index (χ1) is 13.6. The van der Waals surface area contributed by atoms with Crippen molar-refractivity contribution in [2.75, 3.05) is 24.5 Å². The van der Waals surface area contributed by atoms with Crippen LogP contribution in [-0.2, 0) is 12.0 Å². The summed E-state index contributed by atoms with van der Waals surface area (Å²) in [7, 11) is 0. The van der Waals surface area contributed by atoms with Crippen molar-refractivity contribution in [3.8, 4) is 0 Å². The summed E-state index contributed by atoms with van der Waals surface area (Å²) in [4.78, 5) is 22.2. The molecule has 0 aliphatic carbocycles. The quantitative estimate of drug-likeness (QED) is 0.634. The topological polar surface area (TPSA) is 36.4 Å². The van der Waals surface area contributed by atoms with Gasteiger partial charge < -0.3 is 4.90 Å². The fraction of sp³-hybridized carbons (Fsp3) is 0.273. The van der Waals surface area contributed by atoms with Gasteiger partial charge in [-0.05, 0) is 54.2 Å². The third kappa shape index (κ3) is 3.04. The maximum Gasteiger partial charge on any atom is 0.259 e. The monoisotopic (exact) mass is 409 g/mol. The molecule has 2 aliphatic rings. The van der Waals surface area contributed by atoms with E-state index in [0.717, 1.165) is 48.0 Å².